The van der Waals surface area contributed by atoms with Crippen molar-refractivity contribution in [1.29, 1.82) is 0 Å². The van der Waals surface area contributed by atoms with Crippen LogP contribution in [0.1, 0.15) is 0 Å². The van der Waals surface area contributed by atoms with E-state index in [-0.39, 0.29) is 59.1 Å². The predicted molar refractivity (Wildman–Crippen MR) is 16.8 cm³/mol. The molecule has 1 N–H and O–H groups in total. The van der Waals surface area contributed by atoms with Crippen LogP contribution in [-0.4, -0.2) is 12.2 Å². The molecule has 11 nitrogen and oxygen atoms in total. The molecule has 0 saturated carbocycles. The van der Waals surface area contributed by atoms with Gasteiger partial charge in [-0.25, -0.2) is 0 Å². The first-order valence-electron chi connectivity index (χ1n) is 1.95. The third-order valence-corrected chi connectivity index (χ3v) is 0.194. The average molecular weight is 238 g/mol. The molecule has 76 valence electrons. The minimum atomic E-state index is 0. The van der Waals surface area contributed by atoms with E-state index >= 15 is 0 Å². The van der Waals surface area contributed by atoms with E-state index in [4.69, 9.17) is 15.6 Å². The molecule has 0 aliphatic rings. The Balaban J connectivity index is -0.000000117. The van der Waals surface area contributed by atoms with Gasteiger partial charge in [0, 0.05) is 7.11 Å². The maximum Gasteiger partial charge on any atom is 1.00 e. The average Bonchev–Trinajstić information content (AvgIpc) is 2.15. The summed E-state index contributed by atoms with van der Waals surface area (Å²) in [6, 6.07) is 0. The van der Waals surface area contributed by atoms with Crippen molar-refractivity contribution in [3.8, 4) is 0 Å². The van der Waals surface area contributed by atoms with E-state index in [1.807, 2.05) is 0 Å². The van der Waals surface area contributed by atoms with Gasteiger partial charge in [0.2, 0.25) is 0 Å². The van der Waals surface area contributed by atoms with Gasteiger partial charge in [-0.2, -0.15) is 0 Å². The second-order valence-corrected chi connectivity index (χ2v) is 0.544. The summed E-state index contributed by atoms with van der Waals surface area (Å²) >= 11 is 0. The van der Waals surface area contributed by atoms with Crippen molar-refractivity contribution < 1.29 is 115 Å². The fourth-order valence-electron chi connectivity index (χ4n) is 0.0680. The van der Waals surface area contributed by atoms with E-state index in [2.05, 4.69) is 40.3 Å². The summed E-state index contributed by atoms with van der Waals surface area (Å²) in [6.07, 6.45) is 0. The van der Waals surface area contributed by atoms with E-state index in [9.17, 15) is 0 Å². The Morgan fingerprint density at radius 3 is 1.07 bits per heavy atom. The van der Waals surface area contributed by atoms with Gasteiger partial charge in [0.25, 0.3) is 0 Å². The fourth-order valence-corrected chi connectivity index (χ4v) is 0.0680. The summed E-state index contributed by atoms with van der Waals surface area (Å²) in [5.74, 6) is 0. The molecular weight excluding hydrogens is 234 g/mol. The monoisotopic (exact) mass is 238 g/mol. The van der Waals surface area contributed by atoms with Crippen LogP contribution >= 0.6 is 0 Å². The molecule has 0 atom stereocenters. The van der Waals surface area contributed by atoms with Gasteiger partial charge in [-0.3, -0.25) is 10.1 Å². The Labute approximate surface area is 121 Å². The number of aliphatic hydroxyl groups is 1. The van der Waals surface area contributed by atoms with Crippen molar-refractivity contribution in [1.82, 2.24) is 0 Å². The van der Waals surface area contributed by atoms with Crippen LogP contribution in [-0.2, 0) is 40.3 Å². The first-order chi connectivity index (χ1) is 5.91. The molecule has 0 aliphatic carbocycles. The standard InChI is InChI=1S/CH4O.2Na.H2O10/c1-2;;;1-3-5-7-9-10-8-6-4-2/h2H,1H3;;;1-2H/q;2*+1;/p-2. The number of aliphatic hydroxyl groups excluding tert-OH is 1. The maximum atomic E-state index is 8.89. The molecule has 0 radical (unpaired) electrons. The molecular formula is CH4Na2O11. The van der Waals surface area contributed by atoms with Gasteiger partial charge in [0.15, 0.2) is 0 Å². The molecule has 0 unspecified atom stereocenters. The Bertz CT molecular complexity index is 53.2. The van der Waals surface area contributed by atoms with Crippen molar-refractivity contribution in [2.24, 2.45) is 0 Å². The molecule has 0 heterocycles. The van der Waals surface area contributed by atoms with Gasteiger partial charge in [0.1, 0.15) is 0 Å². The smallest absolute Gasteiger partial charge is 0.689 e. The van der Waals surface area contributed by atoms with Crippen LogP contribution in [0.25, 0.3) is 0 Å². The summed E-state index contributed by atoms with van der Waals surface area (Å²) in [5.41, 5.74) is 0. The minimum absolute atomic E-state index is 0. The second-order valence-electron chi connectivity index (χ2n) is 0.544. The van der Waals surface area contributed by atoms with Gasteiger partial charge >= 0.3 is 59.1 Å². The molecule has 13 heteroatoms. The molecule has 0 spiro atoms. The third-order valence-electron chi connectivity index (χ3n) is 0.194. The minimum Gasteiger partial charge on any atom is -0.689 e. The molecule has 14 heavy (non-hydrogen) atoms. The van der Waals surface area contributed by atoms with E-state index in [1.165, 1.54) is 0 Å². The van der Waals surface area contributed by atoms with Crippen LogP contribution < -0.4 is 69.6 Å². The van der Waals surface area contributed by atoms with Gasteiger partial charge in [0.05, 0.1) is 0 Å². The zero-order valence-corrected chi connectivity index (χ0v) is 11.5. The molecule has 0 saturated heterocycles. The maximum absolute atomic E-state index is 8.89. The Morgan fingerprint density at radius 1 is 0.643 bits per heavy atom. The predicted octanol–water partition coefficient (Wildman–Crippen LogP) is -9.31. The Kier molecular flexibility index (Phi) is 51.6. The zero-order chi connectivity index (χ0) is 9.66. The zero-order valence-electron chi connectivity index (χ0n) is 7.53. The largest absolute Gasteiger partial charge is 1.00 e. The van der Waals surface area contributed by atoms with Crippen molar-refractivity contribution in [3.05, 3.63) is 0 Å². The molecule has 0 aromatic rings. The molecule has 0 aromatic carbocycles. The first-order valence-corrected chi connectivity index (χ1v) is 1.95. The second kappa shape index (κ2) is 29.3. The van der Waals surface area contributed by atoms with Crippen LogP contribution in [0.5, 0.6) is 0 Å². The van der Waals surface area contributed by atoms with Gasteiger partial charge in [-0.15, -0.1) is 0 Å². The Hall–Kier alpha value is 1.56. The van der Waals surface area contributed by atoms with Gasteiger partial charge < -0.3 is 15.6 Å². The number of rotatable bonds is 7. The first kappa shape index (κ1) is 24.7. The SMILES string of the molecule is CO.[Na+].[Na+].[O-]OOOOOOOO[O-]. The fraction of sp³-hybridized carbons (Fsp3) is 1.00. The van der Waals surface area contributed by atoms with Crippen LogP contribution in [0.15, 0.2) is 0 Å². The molecule has 0 amide bonds. The molecule has 0 aromatic heterocycles. The van der Waals surface area contributed by atoms with E-state index in [0.29, 0.717) is 0 Å². The number of hydrogen-bond acceptors (Lipinski definition) is 11. The summed E-state index contributed by atoms with van der Waals surface area (Å²) in [6.45, 7) is 0. The molecule has 0 fully saturated rings. The van der Waals surface area contributed by atoms with Crippen molar-refractivity contribution in [2.75, 3.05) is 7.11 Å². The van der Waals surface area contributed by atoms with E-state index in [1.54, 1.807) is 0 Å². The van der Waals surface area contributed by atoms with Crippen molar-refractivity contribution in [3.63, 3.8) is 0 Å². The number of hydrogen-bond donors (Lipinski definition) is 1. The van der Waals surface area contributed by atoms with Crippen LogP contribution in [0, 0.1) is 0 Å². The normalized spacial score (nSPS) is 7.71. The van der Waals surface area contributed by atoms with Crippen molar-refractivity contribution in [2.45, 2.75) is 0 Å². The molecule has 0 bridgehead atoms. The topological polar surface area (TPSA) is 140 Å². The van der Waals surface area contributed by atoms with Crippen LogP contribution in [0.4, 0.5) is 0 Å². The van der Waals surface area contributed by atoms with E-state index in [0.717, 1.165) is 7.11 Å². The quantitative estimate of drug-likeness (QED) is 0.195. The van der Waals surface area contributed by atoms with Crippen LogP contribution in [0.2, 0.25) is 0 Å². The van der Waals surface area contributed by atoms with Crippen LogP contribution in [0.3, 0.4) is 0 Å². The summed E-state index contributed by atoms with van der Waals surface area (Å²) in [4.78, 5) is 0. The Morgan fingerprint density at radius 2 is 0.857 bits per heavy atom. The van der Waals surface area contributed by atoms with Gasteiger partial charge in [-0.05, 0) is 30.2 Å². The summed E-state index contributed by atoms with van der Waals surface area (Å²) in [7, 11) is 1.00. The molecule has 0 rings (SSSR count). The van der Waals surface area contributed by atoms with Crippen molar-refractivity contribution >= 4 is 0 Å². The third kappa shape index (κ3) is 29.2. The summed E-state index contributed by atoms with van der Waals surface area (Å²) < 4.78 is 0. The van der Waals surface area contributed by atoms with E-state index < -0.39 is 0 Å². The van der Waals surface area contributed by atoms with Gasteiger partial charge in [-0.1, -0.05) is 0 Å². The summed E-state index contributed by atoms with van der Waals surface area (Å²) in [5, 5.41) is 49.0. The molecule has 0 aliphatic heterocycles.